The molecule has 18 heteroatoms. The average Bonchev–Trinajstić information content (AvgIpc) is 3.30. The predicted molar refractivity (Wildman–Crippen MR) is 252 cm³/mol. The molecule has 0 amide bonds. The minimum atomic E-state index is -4.32. The SMILES string of the molecule is CS(=O)(=O)c1ccc(-c2ccccc2)c(CN2CCN(c3ccc4c(NS(=O)(=O)c5ccc(NC(CCN6CCOCC6)CSc6ccccc6)c([N+](=O)[O-])c5)ncnc4c3)CC2)c1. The summed E-state index contributed by atoms with van der Waals surface area (Å²) in [5.41, 5.74) is 4.30. The molecule has 2 aliphatic rings. The number of thioether (sulfide) groups is 1. The summed E-state index contributed by atoms with van der Waals surface area (Å²) in [6, 6.07) is 34.6. The first-order valence-electron chi connectivity index (χ1n) is 21.1. The van der Waals surface area contributed by atoms with Crippen LogP contribution in [0.3, 0.4) is 0 Å². The molecule has 6 aromatic rings. The summed E-state index contributed by atoms with van der Waals surface area (Å²) in [5.74, 6) is 0.698. The van der Waals surface area contributed by atoms with Crippen molar-refractivity contribution in [3.05, 3.63) is 137 Å². The second-order valence-electron chi connectivity index (χ2n) is 15.9. The lowest BCUT2D eigenvalue weighted by Gasteiger charge is -2.36. The molecule has 15 nitrogen and oxygen atoms in total. The van der Waals surface area contributed by atoms with Gasteiger partial charge in [0.2, 0.25) is 0 Å². The number of nitrogens with one attached hydrogen (secondary N) is 2. The molecule has 0 radical (unpaired) electrons. The van der Waals surface area contributed by atoms with Gasteiger partial charge in [-0.2, -0.15) is 0 Å². The van der Waals surface area contributed by atoms with E-state index in [0.29, 0.717) is 54.4 Å². The zero-order valence-corrected chi connectivity index (χ0v) is 37.8. The Balaban J connectivity index is 0.945. The van der Waals surface area contributed by atoms with Crippen molar-refractivity contribution in [2.24, 2.45) is 0 Å². The van der Waals surface area contributed by atoms with E-state index in [1.165, 1.54) is 24.7 Å². The molecule has 2 aliphatic heterocycles. The number of fused-ring (bicyclic) bond motifs is 1. The Morgan fingerprint density at radius 2 is 1.52 bits per heavy atom. The second kappa shape index (κ2) is 20.0. The van der Waals surface area contributed by atoms with Gasteiger partial charge >= 0.3 is 0 Å². The predicted octanol–water partition coefficient (Wildman–Crippen LogP) is 7.03. The number of morpholine rings is 1. The Morgan fingerprint density at radius 3 is 2.23 bits per heavy atom. The summed E-state index contributed by atoms with van der Waals surface area (Å²) in [5, 5.41) is 16.3. The third-order valence-electron chi connectivity index (χ3n) is 11.5. The zero-order valence-electron chi connectivity index (χ0n) is 35.4. The molecule has 1 aromatic heterocycles. The monoisotopic (exact) mass is 922 g/mol. The largest absolute Gasteiger partial charge is 0.379 e. The number of sulfonamides is 1. The highest BCUT2D eigenvalue weighted by atomic mass is 32.2. The number of rotatable bonds is 17. The fourth-order valence-electron chi connectivity index (χ4n) is 7.99. The third-order valence-corrected chi connectivity index (χ3v) is 15.1. The minimum Gasteiger partial charge on any atom is -0.379 e. The van der Waals surface area contributed by atoms with Gasteiger partial charge in [0.05, 0.1) is 33.4 Å². The molecule has 0 bridgehead atoms. The Kier molecular flexibility index (Phi) is 14.1. The number of nitro benzene ring substituents is 1. The minimum absolute atomic E-state index is 0.0536. The highest BCUT2D eigenvalue weighted by Crippen LogP contribution is 2.33. The van der Waals surface area contributed by atoms with Gasteiger partial charge in [0, 0.05) is 92.4 Å². The van der Waals surface area contributed by atoms with Gasteiger partial charge < -0.3 is 15.0 Å². The molecule has 0 saturated carbocycles. The van der Waals surface area contributed by atoms with Crippen molar-refractivity contribution >= 4 is 65.4 Å². The fraction of sp³-hybridized carbons (Fsp3) is 0.304. The van der Waals surface area contributed by atoms with Gasteiger partial charge in [0.1, 0.15) is 12.0 Å². The number of anilines is 3. The van der Waals surface area contributed by atoms with E-state index in [1.54, 1.807) is 30.0 Å². The van der Waals surface area contributed by atoms with E-state index in [0.717, 1.165) is 72.5 Å². The summed E-state index contributed by atoms with van der Waals surface area (Å²) in [7, 11) is -7.70. The first kappa shape index (κ1) is 45.0. The molecule has 64 heavy (non-hydrogen) atoms. The van der Waals surface area contributed by atoms with Crippen molar-refractivity contribution in [2.45, 2.75) is 33.7 Å². The molecule has 0 spiro atoms. The van der Waals surface area contributed by atoms with Crippen molar-refractivity contribution < 1.29 is 26.5 Å². The van der Waals surface area contributed by atoms with Crippen molar-refractivity contribution in [3.8, 4) is 11.1 Å². The summed E-state index contributed by atoms with van der Waals surface area (Å²) < 4.78 is 60.7. The van der Waals surface area contributed by atoms with Crippen LogP contribution in [0.5, 0.6) is 0 Å². The van der Waals surface area contributed by atoms with Gasteiger partial charge in [-0.15, -0.1) is 11.8 Å². The van der Waals surface area contributed by atoms with E-state index in [2.05, 4.69) is 34.7 Å². The third kappa shape index (κ3) is 11.2. The van der Waals surface area contributed by atoms with Gasteiger partial charge in [-0.05, 0) is 77.7 Å². The Hall–Kier alpha value is -5.63. The standard InChI is InChI=1S/C46H50N8O7S3/c1-63(57,58)39-13-16-41(34-8-4-2-5-9-34)35(28-39)31-52-20-22-53(23-21-52)37-12-15-42-44(29-37)47-33-48-46(42)50-64(59,60)40-14-17-43(45(30-40)54(55)56)49-36(18-19-51-24-26-61-27-25-51)32-62-38-10-6-3-7-11-38/h2-17,28-30,33,36,49H,18-27,31-32H2,1H3,(H,47,48,50). The first-order chi connectivity index (χ1) is 30.9. The quantitative estimate of drug-likeness (QED) is 0.0541. The molecular formula is C46H50N8O7S3. The van der Waals surface area contributed by atoms with Crippen molar-refractivity contribution in [2.75, 3.05) is 86.0 Å². The average molecular weight is 923 g/mol. The number of aromatic nitrogens is 2. The molecule has 1 atom stereocenters. The van der Waals surface area contributed by atoms with Gasteiger partial charge in [-0.1, -0.05) is 54.6 Å². The Labute approximate surface area is 378 Å². The van der Waals surface area contributed by atoms with Crippen LogP contribution in [0.15, 0.2) is 136 Å². The van der Waals surface area contributed by atoms with Crippen LogP contribution in [-0.2, 0) is 31.1 Å². The van der Waals surface area contributed by atoms with Crippen LogP contribution in [-0.4, -0.2) is 119 Å². The maximum atomic E-state index is 13.9. The Bertz CT molecular complexity index is 2810. The summed E-state index contributed by atoms with van der Waals surface area (Å²) in [4.78, 5) is 28.6. The van der Waals surface area contributed by atoms with Crippen LogP contribution < -0.4 is 14.9 Å². The lowest BCUT2D eigenvalue weighted by molar-refractivity contribution is -0.384. The van der Waals surface area contributed by atoms with Crippen LogP contribution >= 0.6 is 11.8 Å². The number of piperazine rings is 1. The van der Waals surface area contributed by atoms with Crippen LogP contribution in [0.25, 0.3) is 22.0 Å². The number of nitro groups is 1. The maximum absolute atomic E-state index is 13.9. The molecule has 2 saturated heterocycles. The molecule has 8 rings (SSSR count). The highest BCUT2D eigenvalue weighted by Gasteiger charge is 2.26. The van der Waals surface area contributed by atoms with Gasteiger partial charge in [-0.3, -0.25) is 24.6 Å². The lowest BCUT2D eigenvalue weighted by Crippen LogP contribution is -2.46. The van der Waals surface area contributed by atoms with Crippen molar-refractivity contribution in [3.63, 3.8) is 0 Å². The van der Waals surface area contributed by atoms with E-state index >= 15 is 0 Å². The molecule has 5 aromatic carbocycles. The van der Waals surface area contributed by atoms with Gasteiger partial charge in [-0.25, -0.2) is 26.8 Å². The normalized spacial score (nSPS) is 15.8. The number of sulfone groups is 1. The van der Waals surface area contributed by atoms with Crippen molar-refractivity contribution in [1.82, 2.24) is 19.8 Å². The number of nitrogens with zero attached hydrogens (tertiary/aromatic N) is 6. The number of ether oxygens (including phenoxy) is 1. The molecule has 334 valence electrons. The maximum Gasteiger partial charge on any atom is 0.293 e. The van der Waals surface area contributed by atoms with E-state index in [1.807, 2.05) is 78.9 Å². The second-order valence-corrected chi connectivity index (χ2v) is 20.7. The molecule has 2 N–H and O–H groups in total. The van der Waals surface area contributed by atoms with Crippen LogP contribution in [0.2, 0.25) is 0 Å². The van der Waals surface area contributed by atoms with Crippen molar-refractivity contribution in [1.29, 1.82) is 0 Å². The molecule has 0 aliphatic carbocycles. The summed E-state index contributed by atoms with van der Waals surface area (Å²) in [6.45, 7) is 7.22. The first-order valence-corrected chi connectivity index (χ1v) is 25.4. The zero-order chi connectivity index (χ0) is 44.7. The number of hydrogen-bond acceptors (Lipinski definition) is 14. The molecular weight excluding hydrogens is 873 g/mol. The molecule has 1 unspecified atom stereocenters. The summed E-state index contributed by atoms with van der Waals surface area (Å²) >= 11 is 1.65. The van der Waals surface area contributed by atoms with Crippen LogP contribution in [0.4, 0.5) is 22.9 Å². The topological polar surface area (TPSA) is 180 Å². The lowest BCUT2D eigenvalue weighted by atomic mass is 9.99. The highest BCUT2D eigenvalue weighted by molar-refractivity contribution is 7.99. The smallest absolute Gasteiger partial charge is 0.293 e. The van der Waals surface area contributed by atoms with E-state index in [9.17, 15) is 26.9 Å². The van der Waals surface area contributed by atoms with Gasteiger partial charge in [0.25, 0.3) is 15.7 Å². The van der Waals surface area contributed by atoms with Crippen LogP contribution in [0, 0.1) is 10.1 Å². The number of hydrogen-bond donors (Lipinski definition) is 2. The molecule has 3 heterocycles. The fourth-order valence-corrected chi connectivity index (χ4v) is 10.7. The number of benzene rings is 5. The van der Waals surface area contributed by atoms with E-state index in [4.69, 9.17) is 4.74 Å². The molecule has 2 fully saturated rings. The summed E-state index contributed by atoms with van der Waals surface area (Å²) in [6.07, 6.45) is 3.23. The van der Waals surface area contributed by atoms with Crippen LogP contribution in [0.1, 0.15) is 12.0 Å². The Morgan fingerprint density at radius 1 is 0.797 bits per heavy atom. The van der Waals surface area contributed by atoms with E-state index < -0.39 is 24.8 Å². The van der Waals surface area contributed by atoms with E-state index in [-0.39, 0.29) is 28.1 Å². The van der Waals surface area contributed by atoms with Gasteiger partial charge in [0.15, 0.2) is 15.7 Å².